The van der Waals surface area contributed by atoms with E-state index in [-0.39, 0.29) is 23.0 Å². The molecule has 1 N–H and O–H groups in total. The zero-order chi connectivity index (χ0) is 17.0. The molecule has 0 saturated heterocycles. The maximum atomic E-state index is 13.0. The molecule has 1 aromatic carbocycles. The summed E-state index contributed by atoms with van der Waals surface area (Å²) in [4.78, 5) is 27.5. The van der Waals surface area contributed by atoms with Crippen molar-refractivity contribution < 1.29 is 9.18 Å². The Labute approximate surface area is 138 Å². The largest absolute Gasteiger partial charge is 0.354 e. The van der Waals surface area contributed by atoms with Crippen molar-refractivity contribution in [3.8, 4) is 0 Å². The van der Waals surface area contributed by atoms with Crippen LogP contribution in [-0.4, -0.2) is 22.0 Å². The van der Waals surface area contributed by atoms with Crippen molar-refractivity contribution >= 4 is 17.5 Å². The van der Waals surface area contributed by atoms with Gasteiger partial charge in [-0.05, 0) is 37.6 Å². The van der Waals surface area contributed by atoms with Gasteiger partial charge < -0.3 is 5.32 Å². The van der Waals surface area contributed by atoms with Crippen molar-refractivity contribution in [1.82, 2.24) is 14.9 Å². The van der Waals surface area contributed by atoms with Crippen molar-refractivity contribution in [2.24, 2.45) is 0 Å². The molecule has 5 nitrogen and oxygen atoms in total. The minimum absolute atomic E-state index is 0.0547. The molecule has 2 rings (SSSR count). The van der Waals surface area contributed by atoms with E-state index >= 15 is 0 Å². The number of nitrogens with zero attached hydrogens (tertiary/aromatic N) is 2. The molecule has 0 aliphatic heterocycles. The molecule has 0 fully saturated rings. The molecule has 1 heterocycles. The van der Waals surface area contributed by atoms with E-state index in [1.807, 2.05) is 13.0 Å². The standard InChI is InChI=1S/C16H17ClFN3O2/c1-10-7-11(2)21(16(23)20-10)6-5-19-15(22)8-12-3-4-13(18)9-14(12)17/h3-4,7,9H,5-6,8H2,1-2H3,(H,19,22). The first kappa shape index (κ1) is 17.1. The molecule has 2 aromatic rings. The molecule has 23 heavy (non-hydrogen) atoms. The van der Waals surface area contributed by atoms with Crippen LogP contribution >= 0.6 is 11.6 Å². The first-order valence-corrected chi connectivity index (χ1v) is 7.50. The molecule has 0 saturated carbocycles. The molecular formula is C16H17ClFN3O2. The first-order chi connectivity index (χ1) is 10.9. The van der Waals surface area contributed by atoms with Gasteiger partial charge in [-0.2, -0.15) is 4.98 Å². The fraction of sp³-hybridized carbons (Fsp3) is 0.312. The van der Waals surface area contributed by atoms with Crippen LogP contribution in [0.1, 0.15) is 17.0 Å². The van der Waals surface area contributed by atoms with Crippen LogP contribution in [0.2, 0.25) is 5.02 Å². The number of aromatic nitrogens is 2. The van der Waals surface area contributed by atoms with Gasteiger partial charge in [-0.3, -0.25) is 9.36 Å². The minimum atomic E-state index is -0.444. The van der Waals surface area contributed by atoms with E-state index in [9.17, 15) is 14.0 Å². The van der Waals surface area contributed by atoms with Crippen LogP contribution in [0.25, 0.3) is 0 Å². The topological polar surface area (TPSA) is 64.0 Å². The summed E-state index contributed by atoms with van der Waals surface area (Å²) in [6, 6.07) is 5.72. The highest BCUT2D eigenvalue weighted by Gasteiger charge is 2.08. The Morgan fingerprint density at radius 2 is 2.09 bits per heavy atom. The lowest BCUT2D eigenvalue weighted by atomic mass is 10.1. The normalized spacial score (nSPS) is 10.6. The average Bonchev–Trinajstić information content (AvgIpc) is 2.44. The number of halogens is 2. The van der Waals surface area contributed by atoms with Gasteiger partial charge in [0.05, 0.1) is 6.42 Å². The molecule has 7 heteroatoms. The molecular weight excluding hydrogens is 321 g/mol. The Bertz CT molecular complexity index is 789. The number of amides is 1. The second-order valence-corrected chi connectivity index (χ2v) is 5.64. The zero-order valence-corrected chi connectivity index (χ0v) is 13.7. The number of benzene rings is 1. The maximum Gasteiger partial charge on any atom is 0.348 e. The summed E-state index contributed by atoms with van der Waals surface area (Å²) in [7, 11) is 0. The van der Waals surface area contributed by atoms with E-state index in [0.717, 1.165) is 5.69 Å². The molecule has 0 bridgehead atoms. The van der Waals surface area contributed by atoms with E-state index in [1.54, 1.807) is 6.92 Å². The Morgan fingerprint density at radius 1 is 1.35 bits per heavy atom. The summed E-state index contributed by atoms with van der Waals surface area (Å²) in [5.41, 5.74) is 1.67. The minimum Gasteiger partial charge on any atom is -0.354 e. The summed E-state index contributed by atoms with van der Waals surface area (Å²) in [5.74, 6) is -0.690. The predicted octanol–water partition coefficient (Wildman–Crippen LogP) is 2.01. The summed E-state index contributed by atoms with van der Waals surface area (Å²) < 4.78 is 14.5. The lowest BCUT2D eigenvalue weighted by molar-refractivity contribution is -0.120. The van der Waals surface area contributed by atoms with Gasteiger partial charge in [0.25, 0.3) is 0 Å². The van der Waals surface area contributed by atoms with Gasteiger partial charge in [0.15, 0.2) is 0 Å². The highest BCUT2D eigenvalue weighted by atomic mass is 35.5. The summed E-state index contributed by atoms with van der Waals surface area (Å²) in [6.45, 7) is 4.20. The van der Waals surface area contributed by atoms with Crippen molar-refractivity contribution in [3.63, 3.8) is 0 Å². The molecule has 0 spiro atoms. The Morgan fingerprint density at radius 3 is 2.74 bits per heavy atom. The number of carbonyl (C=O) groups is 1. The van der Waals surface area contributed by atoms with Crippen LogP contribution in [-0.2, 0) is 17.8 Å². The molecule has 0 unspecified atom stereocenters. The Balaban J connectivity index is 1.92. The van der Waals surface area contributed by atoms with Gasteiger partial charge >= 0.3 is 5.69 Å². The highest BCUT2D eigenvalue weighted by Crippen LogP contribution is 2.17. The third kappa shape index (κ3) is 4.63. The van der Waals surface area contributed by atoms with Crippen LogP contribution in [0.15, 0.2) is 29.1 Å². The van der Waals surface area contributed by atoms with Gasteiger partial charge in [0.2, 0.25) is 5.91 Å². The molecule has 1 aromatic heterocycles. The van der Waals surface area contributed by atoms with Gasteiger partial charge in [-0.25, -0.2) is 9.18 Å². The molecule has 0 radical (unpaired) electrons. The zero-order valence-electron chi connectivity index (χ0n) is 12.9. The lowest BCUT2D eigenvalue weighted by Gasteiger charge is -2.11. The second kappa shape index (κ2) is 7.37. The lowest BCUT2D eigenvalue weighted by Crippen LogP contribution is -2.33. The van der Waals surface area contributed by atoms with E-state index in [2.05, 4.69) is 10.3 Å². The van der Waals surface area contributed by atoms with E-state index in [4.69, 9.17) is 11.6 Å². The average molecular weight is 338 g/mol. The van der Waals surface area contributed by atoms with Crippen molar-refractivity contribution in [3.05, 3.63) is 62.5 Å². The van der Waals surface area contributed by atoms with Crippen molar-refractivity contribution in [2.75, 3.05) is 6.54 Å². The third-order valence-electron chi connectivity index (χ3n) is 3.37. The molecule has 122 valence electrons. The summed E-state index contributed by atoms with van der Waals surface area (Å²) >= 11 is 5.89. The Hall–Kier alpha value is -2.21. The SMILES string of the molecule is Cc1cc(C)n(CCNC(=O)Cc2ccc(F)cc2Cl)c(=O)n1. The smallest absolute Gasteiger partial charge is 0.348 e. The fourth-order valence-electron chi connectivity index (χ4n) is 2.25. The Kier molecular flexibility index (Phi) is 5.50. The van der Waals surface area contributed by atoms with Gasteiger partial charge in [0, 0.05) is 29.5 Å². The predicted molar refractivity (Wildman–Crippen MR) is 86.1 cm³/mol. The quantitative estimate of drug-likeness (QED) is 0.907. The number of aryl methyl sites for hydroxylation is 2. The van der Waals surface area contributed by atoms with Crippen LogP contribution in [0.5, 0.6) is 0 Å². The highest BCUT2D eigenvalue weighted by molar-refractivity contribution is 6.31. The molecule has 1 amide bonds. The monoisotopic (exact) mass is 337 g/mol. The van der Waals surface area contributed by atoms with Gasteiger partial charge in [0.1, 0.15) is 5.82 Å². The van der Waals surface area contributed by atoms with Crippen molar-refractivity contribution in [1.29, 1.82) is 0 Å². The maximum absolute atomic E-state index is 13.0. The number of nitrogens with one attached hydrogen (secondary N) is 1. The van der Waals surface area contributed by atoms with Gasteiger partial charge in [-0.15, -0.1) is 0 Å². The summed E-state index contributed by atoms with van der Waals surface area (Å²) in [5, 5.41) is 2.93. The number of hydrogen-bond acceptors (Lipinski definition) is 3. The van der Waals surface area contributed by atoms with Crippen LogP contribution in [0.3, 0.4) is 0 Å². The van der Waals surface area contributed by atoms with Crippen LogP contribution in [0, 0.1) is 19.7 Å². The first-order valence-electron chi connectivity index (χ1n) is 7.12. The van der Waals surface area contributed by atoms with Crippen LogP contribution < -0.4 is 11.0 Å². The summed E-state index contributed by atoms with van der Waals surface area (Å²) in [6.07, 6.45) is 0.0547. The second-order valence-electron chi connectivity index (χ2n) is 5.24. The molecule has 0 atom stereocenters. The number of hydrogen-bond donors (Lipinski definition) is 1. The molecule has 0 aliphatic carbocycles. The third-order valence-corrected chi connectivity index (χ3v) is 3.72. The van der Waals surface area contributed by atoms with Crippen molar-refractivity contribution in [2.45, 2.75) is 26.8 Å². The van der Waals surface area contributed by atoms with E-state index in [0.29, 0.717) is 24.3 Å². The van der Waals surface area contributed by atoms with E-state index < -0.39 is 5.82 Å². The van der Waals surface area contributed by atoms with Gasteiger partial charge in [-0.1, -0.05) is 17.7 Å². The van der Waals surface area contributed by atoms with Crippen LogP contribution in [0.4, 0.5) is 4.39 Å². The fourth-order valence-corrected chi connectivity index (χ4v) is 2.49. The number of carbonyl (C=O) groups excluding carboxylic acids is 1. The molecule has 0 aliphatic rings. The number of rotatable bonds is 5. The van der Waals surface area contributed by atoms with E-state index in [1.165, 1.54) is 22.8 Å².